The molecule has 2 N–H and O–H groups in total. The number of carboxylic acids is 1. The number of carboxylic acid groups (broad SMARTS) is 1. The molecule has 3 rings (SSSR count). The zero-order chi connectivity index (χ0) is 15.4. The summed E-state index contributed by atoms with van der Waals surface area (Å²) in [5.74, 6) is -0.566. The highest BCUT2D eigenvalue weighted by atomic mass is 16.5. The topological polar surface area (TPSA) is 91.3 Å². The first-order valence-electron chi connectivity index (χ1n) is 7.41. The molecule has 2 heterocycles. The molecule has 0 bridgehead atoms. The first kappa shape index (κ1) is 14.4. The van der Waals surface area contributed by atoms with Gasteiger partial charge in [-0.3, -0.25) is 0 Å². The summed E-state index contributed by atoms with van der Waals surface area (Å²) in [6.07, 6.45) is 4.93. The van der Waals surface area contributed by atoms with Crippen molar-refractivity contribution in [3.63, 3.8) is 0 Å². The van der Waals surface area contributed by atoms with Crippen LogP contribution in [-0.2, 0) is 0 Å². The molecule has 0 unspecified atom stereocenters. The Bertz CT molecular complexity index is 648. The molecule has 0 spiro atoms. The number of carbonyl (C=O) groups is 1. The highest BCUT2D eigenvalue weighted by Crippen LogP contribution is 2.27. The zero-order valence-corrected chi connectivity index (χ0v) is 12.2. The molecular weight excluding hydrogens is 284 g/mol. The van der Waals surface area contributed by atoms with Crippen LogP contribution >= 0.6 is 0 Å². The molecule has 1 aromatic carbocycles. The maximum atomic E-state index is 11.0. The van der Waals surface area contributed by atoms with Crippen molar-refractivity contribution < 1.29 is 14.6 Å². The van der Waals surface area contributed by atoms with Crippen LogP contribution in [-0.4, -0.2) is 39.6 Å². The van der Waals surface area contributed by atoms with Gasteiger partial charge in [0.2, 0.25) is 5.69 Å². The van der Waals surface area contributed by atoms with Crippen molar-refractivity contribution in [2.45, 2.75) is 25.7 Å². The van der Waals surface area contributed by atoms with Gasteiger partial charge < -0.3 is 14.7 Å². The van der Waals surface area contributed by atoms with Gasteiger partial charge in [-0.25, -0.2) is 9.89 Å². The van der Waals surface area contributed by atoms with E-state index in [4.69, 9.17) is 9.84 Å². The molecular formula is C15H18N4O3. The van der Waals surface area contributed by atoms with Gasteiger partial charge in [-0.1, -0.05) is 24.1 Å². The van der Waals surface area contributed by atoms with E-state index in [-0.39, 0.29) is 11.6 Å². The van der Waals surface area contributed by atoms with Gasteiger partial charge in [0, 0.05) is 24.8 Å². The Morgan fingerprint density at radius 1 is 1.23 bits per heavy atom. The summed E-state index contributed by atoms with van der Waals surface area (Å²) in [7, 11) is 0. The van der Waals surface area contributed by atoms with E-state index in [9.17, 15) is 4.79 Å². The van der Waals surface area contributed by atoms with Crippen molar-refractivity contribution in [3.05, 3.63) is 30.0 Å². The molecule has 7 nitrogen and oxygen atoms in total. The normalized spacial score (nSPS) is 15.4. The molecule has 7 heteroatoms. The lowest BCUT2D eigenvalue weighted by atomic mass is 10.2. The summed E-state index contributed by atoms with van der Waals surface area (Å²) in [5.41, 5.74) is 0.865. The number of ether oxygens (including phenoxy) is 1. The van der Waals surface area contributed by atoms with E-state index < -0.39 is 5.97 Å². The summed E-state index contributed by atoms with van der Waals surface area (Å²) in [6.45, 7) is 2.07. The van der Waals surface area contributed by atoms with E-state index in [0.717, 1.165) is 18.8 Å². The minimum atomic E-state index is -1.17. The van der Waals surface area contributed by atoms with Crippen LogP contribution in [0.1, 0.15) is 36.2 Å². The van der Waals surface area contributed by atoms with Crippen LogP contribution in [0.2, 0.25) is 0 Å². The van der Waals surface area contributed by atoms with Crippen LogP contribution in [0.15, 0.2) is 24.3 Å². The fraction of sp³-hybridized carbons (Fsp3) is 0.400. The lowest BCUT2D eigenvalue weighted by Gasteiger charge is -2.23. The Morgan fingerprint density at radius 3 is 2.73 bits per heavy atom. The van der Waals surface area contributed by atoms with Gasteiger partial charge in [0.05, 0.1) is 0 Å². The maximum Gasteiger partial charge on any atom is 0.362 e. The molecule has 0 amide bonds. The van der Waals surface area contributed by atoms with E-state index in [0.29, 0.717) is 5.75 Å². The second-order valence-corrected chi connectivity index (χ2v) is 5.30. The Balaban J connectivity index is 1.78. The Kier molecular flexibility index (Phi) is 4.22. The SMILES string of the molecule is O=C(O)c1nn[nH]c1Oc1cccc(N2CCCCCC2)c1. The number of aromatic amines is 1. The number of nitrogens with zero attached hydrogens (tertiary/aromatic N) is 3. The number of H-pyrrole nitrogens is 1. The second-order valence-electron chi connectivity index (χ2n) is 5.30. The van der Waals surface area contributed by atoms with Gasteiger partial charge in [0.15, 0.2) is 0 Å². The zero-order valence-electron chi connectivity index (χ0n) is 12.2. The average molecular weight is 302 g/mol. The van der Waals surface area contributed by atoms with Crippen LogP contribution in [0, 0.1) is 0 Å². The number of aromatic carboxylic acids is 1. The number of rotatable bonds is 4. The van der Waals surface area contributed by atoms with Crippen molar-refractivity contribution in [1.82, 2.24) is 15.4 Å². The highest BCUT2D eigenvalue weighted by Gasteiger charge is 2.17. The maximum absolute atomic E-state index is 11.0. The van der Waals surface area contributed by atoms with E-state index in [1.807, 2.05) is 18.2 Å². The Hall–Kier alpha value is -2.57. The molecule has 2 aromatic rings. The summed E-state index contributed by atoms with van der Waals surface area (Å²) in [6, 6.07) is 7.65. The van der Waals surface area contributed by atoms with Gasteiger partial charge in [-0.15, -0.1) is 5.10 Å². The molecule has 1 aliphatic heterocycles. The fourth-order valence-corrected chi connectivity index (χ4v) is 2.62. The summed E-state index contributed by atoms with van der Waals surface area (Å²) in [5, 5.41) is 18.4. The number of nitrogens with one attached hydrogen (secondary N) is 1. The van der Waals surface area contributed by atoms with Crippen molar-refractivity contribution in [3.8, 4) is 11.6 Å². The third-order valence-corrected chi connectivity index (χ3v) is 3.73. The van der Waals surface area contributed by atoms with Crippen molar-refractivity contribution in [2.24, 2.45) is 0 Å². The number of benzene rings is 1. The number of aromatic nitrogens is 3. The lowest BCUT2D eigenvalue weighted by molar-refractivity contribution is 0.0687. The smallest absolute Gasteiger partial charge is 0.362 e. The minimum absolute atomic E-state index is 0.0421. The monoisotopic (exact) mass is 302 g/mol. The second kappa shape index (κ2) is 6.46. The van der Waals surface area contributed by atoms with Crippen LogP contribution < -0.4 is 9.64 Å². The van der Waals surface area contributed by atoms with Crippen LogP contribution in [0.25, 0.3) is 0 Å². The van der Waals surface area contributed by atoms with Gasteiger partial charge in [0.25, 0.3) is 5.88 Å². The van der Waals surface area contributed by atoms with Crippen molar-refractivity contribution in [1.29, 1.82) is 0 Å². The molecule has 1 aliphatic rings. The van der Waals surface area contributed by atoms with Gasteiger partial charge >= 0.3 is 5.97 Å². The standard InChI is InChI=1S/C15H18N4O3/c20-15(21)13-14(17-18-16-13)22-12-7-5-6-11(10-12)19-8-3-1-2-4-9-19/h5-7,10H,1-4,8-9H2,(H,20,21)(H,16,17,18). The third-order valence-electron chi connectivity index (χ3n) is 3.73. The lowest BCUT2D eigenvalue weighted by Crippen LogP contribution is -2.23. The molecule has 0 aliphatic carbocycles. The number of anilines is 1. The van der Waals surface area contributed by atoms with E-state index >= 15 is 0 Å². The van der Waals surface area contributed by atoms with Gasteiger partial charge in [-0.2, -0.15) is 0 Å². The predicted octanol–water partition coefficient (Wildman–Crippen LogP) is 2.68. The summed E-state index contributed by atoms with van der Waals surface area (Å²) in [4.78, 5) is 13.4. The van der Waals surface area contributed by atoms with Crippen molar-refractivity contribution >= 4 is 11.7 Å². The molecule has 116 valence electrons. The van der Waals surface area contributed by atoms with Crippen LogP contribution in [0.5, 0.6) is 11.6 Å². The van der Waals surface area contributed by atoms with Gasteiger partial charge in [-0.05, 0) is 25.0 Å². The molecule has 1 aromatic heterocycles. The molecule has 0 atom stereocenters. The van der Waals surface area contributed by atoms with Crippen LogP contribution in [0.4, 0.5) is 5.69 Å². The first-order valence-corrected chi connectivity index (χ1v) is 7.41. The fourth-order valence-electron chi connectivity index (χ4n) is 2.62. The molecule has 22 heavy (non-hydrogen) atoms. The summed E-state index contributed by atoms with van der Waals surface area (Å²) >= 11 is 0. The molecule has 0 radical (unpaired) electrons. The minimum Gasteiger partial charge on any atom is -0.476 e. The average Bonchev–Trinajstić information content (AvgIpc) is 2.81. The number of hydrogen-bond acceptors (Lipinski definition) is 5. The van der Waals surface area contributed by atoms with Gasteiger partial charge in [0.1, 0.15) is 5.75 Å². The largest absolute Gasteiger partial charge is 0.476 e. The van der Waals surface area contributed by atoms with Crippen molar-refractivity contribution in [2.75, 3.05) is 18.0 Å². The molecule has 1 fully saturated rings. The highest BCUT2D eigenvalue weighted by molar-refractivity contribution is 5.87. The molecule has 1 saturated heterocycles. The first-order chi connectivity index (χ1) is 10.7. The van der Waals surface area contributed by atoms with E-state index in [1.165, 1.54) is 25.7 Å². The van der Waals surface area contributed by atoms with E-state index in [1.54, 1.807) is 6.07 Å². The predicted molar refractivity (Wildman–Crippen MR) is 80.5 cm³/mol. The third kappa shape index (κ3) is 3.19. The van der Waals surface area contributed by atoms with Crippen LogP contribution in [0.3, 0.4) is 0 Å². The summed E-state index contributed by atoms with van der Waals surface area (Å²) < 4.78 is 5.59. The molecule has 0 saturated carbocycles. The Morgan fingerprint density at radius 2 is 2.00 bits per heavy atom. The Labute approximate surface area is 127 Å². The number of hydrogen-bond donors (Lipinski definition) is 2. The quantitative estimate of drug-likeness (QED) is 0.902. The van der Waals surface area contributed by atoms with E-state index in [2.05, 4.69) is 20.3 Å².